The number of anilines is 1. The second-order valence-electron chi connectivity index (χ2n) is 8.65. The molecule has 0 spiro atoms. The molecule has 0 aliphatic heterocycles. The maximum absolute atomic E-state index is 13.8. The van der Waals surface area contributed by atoms with Crippen LogP contribution in [0.5, 0.6) is 5.75 Å². The van der Waals surface area contributed by atoms with Crippen molar-refractivity contribution in [1.29, 1.82) is 0 Å². The number of nitrogens with one attached hydrogen (secondary N) is 1. The zero-order valence-corrected chi connectivity index (χ0v) is 22.8. The van der Waals surface area contributed by atoms with Crippen molar-refractivity contribution in [2.45, 2.75) is 33.5 Å². The number of nitrogens with two attached hydrogens (primary N) is 1. The number of aromatic nitrogens is 5. The van der Waals surface area contributed by atoms with E-state index in [0.717, 1.165) is 11.3 Å². The van der Waals surface area contributed by atoms with Gasteiger partial charge in [-0.3, -0.25) is 14.3 Å². The lowest BCUT2D eigenvalue weighted by molar-refractivity contribution is 0.100. The van der Waals surface area contributed by atoms with E-state index in [1.807, 2.05) is 6.92 Å². The molecule has 0 aliphatic rings. The molecule has 1 aromatic carbocycles. The summed E-state index contributed by atoms with van der Waals surface area (Å²) >= 11 is 6.71. The third-order valence-corrected chi connectivity index (χ3v) is 7.33. The predicted octanol–water partition coefficient (Wildman–Crippen LogP) is 5.66. The fourth-order valence-electron chi connectivity index (χ4n) is 4.08. The van der Waals surface area contributed by atoms with Crippen molar-refractivity contribution in [3.05, 3.63) is 75.8 Å². The number of hydrogen-bond donors (Lipinski definition) is 2. The first kappa shape index (κ1) is 27.2. The Balaban J connectivity index is 1.52. The molecule has 10 nitrogen and oxygen atoms in total. The van der Waals surface area contributed by atoms with Gasteiger partial charge in [0.2, 0.25) is 0 Å². The molecule has 0 fully saturated rings. The van der Waals surface area contributed by atoms with Crippen molar-refractivity contribution < 1.29 is 23.1 Å². The van der Waals surface area contributed by atoms with E-state index in [9.17, 15) is 18.4 Å². The number of hydrogen-bond acceptors (Lipinski definition) is 7. The average Bonchev–Trinajstić information content (AvgIpc) is 3.65. The van der Waals surface area contributed by atoms with Crippen LogP contribution < -0.4 is 15.8 Å². The number of primary amides is 1. The fraction of sp³-hybridized carbons (Fsp3) is 0.192. The molecule has 0 unspecified atom stereocenters. The molecule has 4 aromatic heterocycles. The molecule has 0 radical (unpaired) electrons. The zero-order valence-electron chi connectivity index (χ0n) is 21.2. The number of fused-ring (bicyclic) bond motifs is 1. The lowest BCUT2D eigenvalue weighted by atomic mass is 10.0. The van der Waals surface area contributed by atoms with Crippen LogP contribution in [0.15, 0.2) is 48.8 Å². The number of halogens is 3. The second-order valence-corrected chi connectivity index (χ2v) is 10.1. The van der Waals surface area contributed by atoms with Crippen LogP contribution in [0.2, 0.25) is 5.02 Å². The first-order valence-corrected chi connectivity index (χ1v) is 13.2. The fourth-order valence-corrected chi connectivity index (χ4v) is 5.22. The van der Waals surface area contributed by atoms with Gasteiger partial charge < -0.3 is 15.8 Å². The second kappa shape index (κ2) is 11.0. The lowest BCUT2D eigenvalue weighted by Gasteiger charge is -2.10. The van der Waals surface area contributed by atoms with Crippen molar-refractivity contribution in [3.63, 3.8) is 0 Å². The smallest absolute Gasteiger partial charge is 0.280 e. The van der Waals surface area contributed by atoms with Crippen LogP contribution in [-0.2, 0) is 13.3 Å². The molecule has 3 N–H and O–H groups in total. The van der Waals surface area contributed by atoms with E-state index in [1.54, 1.807) is 48.3 Å². The minimum Gasteiger partial charge on any atom is -0.471 e. The molecule has 0 atom stereocenters. The zero-order chi connectivity index (χ0) is 28.6. The van der Waals surface area contributed by atoms with Gasteiger partial charge in [-0.15, -0.1) is 11.3 Å². The van der Waals surface area contributed by atoms with Crippen LogP contribution in [0.3, 0.4) is 0 Å². The Labute approximate surface area is 235 Å². The number of benzene rings is 1. The molecule has 0 saturated heterocycles. The normalized spacial score (nSPS) is 11.3. The van der Waals surface area contributed by atoms with Crippen molar-refractivity contribution in [3.8, 4) is 16.9 Å². The molecule has 0 saturated carbocycles. The number of rotatable bonds is 9. The van der Waals surface area contributed by atoms with Gasteiger partial charge in [-0.05, 0) is 55.8 Å². The van der Waals surface area contributed by atoms with Crippen LogP contribution in [0.1, 0.15) is 44.9 Å². The highest BCUT2D eigenvalue weighted by molar-refractivity contribution is 7.21. The molecule has 14 heteroatoms. The maximum Gasteiger partial charge on any atom is 0.280 e. The van der Waals surface area contributed by atoms with Crippen molar-refractivity contribution in [2.24, 2.45) is 5.73 Å². The van der Waals surface area contributed by atoms with Gasteiger partial charge in [-0.25, -0.2) is 18.4 Å². The van der Waals surface area contributed by atoms with E-state index in [1.165, 1.54) is 16.8 Å². The van der Waals surface area contributed by atoms with E-state index in [-0.39, 0.29) is 27.8 Å². The number of pyridine rings is 1. The van der Waals surface area contributed by atoms with Crippen LogP contribution in [0, 0.1) is 6.92 Å². The standard InChI is InChI=1S/C26H22ClF2N7O3S/c1-3-35-11-17(13(2)33-35)16-10-19(23(28)29)31-26-20(16)21(22(40-26)24(30)37)32-25(38)18-8-9-36(34-18)12-39-15-6-4-14(27)5-7-15/h4-11,23H,3,12H2,1-2H3,(H2,30,37)(H,32,38). The monoisotopic (exact) mass is 585 g/mol. The largest absolute Gasteiger partial charge is 0.471 e. The van der Waals surface area contributed by atoms with Gasteiger partial charge >= 0.3 is 0 Å². The minimum atomic E-state index is -2.86. The molecule has 4 heterocycles. The Morgan fingerprint density at radius 2 is 1.90 bits per heavy atom. The summed E-state index contributed by atoms with van der Waals surface area (Å²) in [5, 5.41) is 12.2. The number of nitrogens with zero attached hydrogens (tertiary/aromatic N) is 5. The van der Waals surface area contributed by atoms with Crippen molar-refractivity contribution in [2.75, 3.05) is 5.32 Å². The highest BCUT2D eigenvalue weighted by atomic mass is 35.5. The molecule has 5 aromatic rings. The van der Waals surface area contributed by atoms with Crippen LogP contribution in [0.25, 0.3) is 21.3 Å². The summed E-state index contributed by atoms with van der Waals surface area (Å²) in [6, 6.07) is 9.48. The third-order valence-electron chi connectivity index (χ3n) is 5.98. The van der Waals surface area contributed by atoms with Crippen LogP contribution in [-0.4, -0.2) is 36.4 Å². The molecular weight excluding hydrogens is 564 g/mol. The molecule has 0 aliphatic carbocycles. The molecule has 5 rings (SSSR count). The number of ether oxygens (including phenoxy) is 1. The van der Waals surface area contributed by atoms with Crippen molar-refractivity contribution in [1.82, 2.24) is 24.5 Å². The van der Waals surface area contributed by atoms with Gasteiger partial charge in [-0.2, -0.15) is 10.2 Å². The predicted molar refractivity (Wildman–Crippen MR) is 147 cm³/mol. The molecule has 206 valence electrons. The number of aryl methyl sites for hydroxylation is 2. The summed E-state index contributed by atoms with van der Waals surface area (Å²) in [6.45, 7) is 4.22. The quantitative estimate of drug-likeness (QED) is 0.229. The number of carbonyl (C=O) groups is 2. The molecule has 2 amide bonds. The molecule has 40 heavy (non-hydrogen) atoms. The summed E-state index contributed by atoms with van der Waals surface area (Å²) in [4.78, 5) is 29.8. The van der Waals surface area contributed by atoms with Gasteiger partial charge in [-0.1, -0.05) is 11.6 Å². The summed E-state index contributed by atoms with van der Waals surface area (Å²) in [6.07, 6.45) is 0.408. The van der Waals surface area contributed by atoms with Crippen LogP contribution >= 0.6 is 22.9 Å². The highest BCUT2D eigenvalue weighted by Gasteiger charge is 2.27. The van der Waals surface area contributed by atoms with Gasteiger partial charge in [0.1, 0.15) is 21.2 Å². The Morgan fingerprint density at radius 3 is 2.55 bits per heavy atom. The van der Waals surface area contributed by atoms with Gasteiger partial charge in [0.05, 0.1) is 11.4 Å². The summed E-state index contributed by atoms with van der Waals surface area (Å²) in [7, 11) is 0. The Bertz CT molecular complexity index is 1730. The highest BCUT2D eigenvalue weighted by Crippen LogP contribution is 2.43. The van der Waals surface area contributed by atoms with Crippen LogP contribution in [0.4, 0.5) is 14.5 Å². The number of thiophene rings is 1. The molecular formula is C26H22ClF2N7O3S. The van der Waals surface area contributed by atoms with Gasteiger partial charge in [0, 0.05) is 34.9 Å². The van der Waals surface area contributed by atoms with E-state index in [0.29, 0.717) is 39.5 Å². The number of amides is 2. The third kappa shape index (κ3) is 5.38. The Morgan fingerprint density at radius 1 is 1.15 bits per heavy atom. The van der Waals surface area contributed by atoms with Gasteiger partial charge in [0.15, 0.2) is 12.4 Å². The maximum atomic E-state index is 13.8. The average molecular weight is 586 g/mol. The van der Waals surface area contributed by atoms with Crippen molar-refractivity contribution >= 4 is 50.7 Å². The summed E-state index contributed by atoms with van der Waals surface area (Å²) in [5.74, 6) is -0.922. The summed E-state index contributed by atoms with van der Waals surface area (Å²) < 4.78 is 36.3. The first-order chi connectivity index (χ1) is 19.1. The van der Waals surface area contributed by atoms with E-state index >= 15 is 0 Å². The first-order valence-electron chi connectivity index (χ1n) is 12.0. The number of alkyl halides is 2. The minimum absolute atomic E-state index is 0.0218. The lowest BCUT2D eigenvalue weighted by Crippen LogP contribution is -2.17. The van der Waals surface area contributed by atoms with E-state index < -0.39 is 23.9 Å². The Hall–Kier alpha value is -4.36. The van der Waals surface area contributed by atoms with E-state index in [4.69, 9.17) is 22.1 Å². The topological polar surface area (TPSA) is 130 Å². The molecule has 0 bridgehead atoms. The summed E-state index contributed by atoms with van der Waals surface area (Å²) in [5.41, 5.74) is 6.74. The number of carbonyl (C=O) groups excluding carboxylic acids is 2. The van der Waals surface area contributed by atoms with Gasteiger partial charge in [0.25, 0.3) is 18.2 Å². The Kier molecular flexibility index (Phi) is 7.50. The SMILES string of the molecule is CCn1cc(-c2cc(C(F)F)nc3sc(C(N)=O)c(NC(=O)c4ccn(COc5ccc(Cl)cc5)n4)c23)c(C)n1. The van der Waals surface area contributed by atoms with E-state index in [2.05, 4.69) is 20.5 Å².